The molecule has 2 aromatic rings. The summed E-state index contributed by atoms with van der Waals surface area (Å²) in [5.74, 6) is -2.56. The van der Waals surface area contributed by atoms with E-state index in [9.17, 15) is 14.7 Å². The lowest BCUT2D eigenvalue weighted by Gasteiger charge is -2.46. The van der Waals surface area contributed by atoms with Crippen molar-refractivity contribution < 1.29 is 47.9 Å². The van der Waals surface area contributed by atoms with Crippen LogP contribution in [0.4, 0.5) is 0 Å². The SMILES string of the molecule is CO[C@@H]1Oc2c(c(C)cc3c2C(=O)c2c(O)cccc2C3=O)COC(OC)(C2OCCCO2)[C@]12CO2. The normalized spacial score (nSPS) is 29.6. The van der Waals surface area contributed by atoms with Crippen LogP contribution in [-0.2, 0) is 35.0 Å². The number of ether oxygens (including phenoxy) is 7. The Morgan fingerprint density at radius 1 is 1.03 bits per heavy atom. The Bertz CT molecular complexity index is 1260. The van der Waals surface area contributed by atoms with E-state index in [0.29, 0.717) is 24.3 Å². The molecule has 2 fully saturated rings. The Morgan fingerprint density at radius 2 is 1.78 bits per heavy atom. The van der Waals surface area contributed by atoms with E-state index in [4.69, 9.17) is 33.2 Å². The Kier molecular flexibility index (Phi) is 5.45. The van der Waals surface area contributed by atoms with E-state index in [-0.39, 0.29) is 52.7 Å². The molecular formula is C26H26O10. The molecule has 0 bridgehead atoms. The zero-order valence-electron chi connectivity index (χ0n) is 20.1. The molecule has 0 amide bonds. The molecule has 1 spiro atoms. The Labute approximate surface area is 206 Å². The van der Waals surface area contributed by atoms with E-state index >= 15 is 0 Å². The van der Waals surface area contributed by atoms with Gasteiger partial charge in [-0.05, 0) is 31.0 Å². The van der Waals surface area contributed by atoms with Crippen molar-refractivity contribution in [2.24, 2.45) is 0 Å². The molecule has 0 aromatic heterocycles. The van der Waals surface area contributed by atoms with Gasteiger partial charge in [0.05, 0.1) is 37.6 Å². The van der Waals surface area contributed by atoms with E-state index in [1.54, 1.807) is 13.0 Å². The maximum atomic E-state index is 13.7. The molecule has 0 saturated carbocycles. The lowest BCUT2D eigenvalue weighted by molar-refractivity contribution is -0.398. The molecule has 10 heteroatoms. The van der Waals surface area contributed by atoms with E-state index in [1.807, 2.05) is 0 Å². The Balaban J connectivity index is 1.53. The minimum absolute atomic E-state index is 0.0473. The number of aromatic hydroxyl groups is 1. The molecule has 1 N–H and O–H groups in total. The molecule has 3 heterocycles. The summed E-state index contributed by atoms with van der Waals surface area (Å²) in [4.78, 5) is 27.1. The molecule has 2 aromatic carbocycles. The van der Waals surface area contributed by atoms with Gasteiger partial charge in [0, 0.05) is 30.9 Å². The van der Waals surface area contributed by atoms with Gasteiger partial charge in [-0.2, -0.15) is 0 Å². The van der Waals surface area contributed by atoms with Gasteiger partial charge in [-0.25, -0.2) is 0 Å². The number of methoxy groups -OCH3 is 2. The van der Waals surface area contributed by atoms with Gasteiger partial charge in [0.15, 0.2) is 5.78 Å². The molecule has 1 unspecified atom stereocenters. The summed E-state index contributed by atoms with van der Waals surface area (Å²) < 4.78 is 42.1. The minimum atomic E-state index is -1.53. The fourth-order valence-electron chi connectivity index (χ4n) is 5.40. The summed E-state index contributed by atoms with van der Waals surface area (Å²) in [5, 5.41) is 10.4. The first-order chi connectivity index (χ1) is 17.4. The predicted molar refractivity (Wildman–Crippen MR) is 121 cm³/mol. The van der Waals surface area contributed by atoms with Crippen molar-refractivity contribution in [2.45, 2.75) is 43.9 Å². The number of epoxide rings is 1. The molecule has 3 atom stereocenters. The number of ketones is 2. The topological polar surface area (TPSA) is 122 Å². The van der Waals surface area contributed by atoms with Crippen molar-refractivity contribution in [3.05, 3.63) is 57.6 Å². The van der Waals surface area contributed by atoms with Crippen LogP contribution in [0.3, 0.4) is 0 Å². The second-order valence-corrected chi connectivity index (χ2v) is 9.23. The van der Waals surface area contributed by atoms with Crippen LogP contribution in [0.25, 0.3) is 0 Å². The van der Waals surface area contributed by atoms with Crippen molar-refractivity contribution in [1.29, 1.82) is 0 Å². The fourth-order valence-corrected chi connectivity index (χ4v) is 5.40. The third kappa shape index (κ3) is 3.06. The van der Waals surface area contributed by atoms with Gasteiger partial charge in [-0.1, -0.05) is 12.1 Å². The average molecular weight is 498 g/mol. The number of fused-ring (bicyclic) bond motifs is 4. The van der Waals surface area contributed by atoms with Gasteiger partial charge < -0.3 is 38.3 Å². The number of carbonyl (C=O) groups is 2. The van der Waals surface area contributed by atoms with Crippen molar-refractivity contribution in [3.63, 3.8) is 0 Å². The largest absolute Gasteiger partial charge is 0.507 e. The fraction of sp³-hybridized carbons (Fsp3) is 0.462. The molecule has 190 valence electrons. The number of benzene rings is 2. The highest BCUT2D eigenvalue weighted by molar-refractivity contribution is 6.30. The van der Waals surface area contributed by atoms with Crippen LogP contribution < -0.4 is 4.74 Å². The summed E-state index contributed by atoms with van der Waals surface area (Å²) in [6.45, 7) is 2.81. The summed E-state index contributed by atoms with van der Waals surface area (Å²) in [5.41, 5.74) is 0.251. The number of phenolic OH excluding ortho intramolecular Hbond substituents is 1. The number of phenols is 1. The highest BCUT2D eigenvalue weighted by atomic mass is 16.8. The summed E-state index contributed by atoms with van der Waals surface area (Å²) in [6.07, 6.45) is -1.29. The van der Waals surface area contributed by atoms with E-state index < -0.39 is 29.8 Å². The zero-order valence-corrected chi connectivity index (χ0v) is 20.1. The van der Waals surface area contributed by atoms with Crippen molar-refractivity contribution in [3.8, 4) is 11.5 Å². The van der Waals surface area contributed by atoms with Crippen molar-refractivity contribution in [1.82, 2.24) is 0 Å². The molecule has 36 heavy (non-hydrogen) atoms. The van der Waals surface area contributed by atoms with E-state index in [1.165, 1.54) is 32.4 Å². The second-order valence-electron chi connectivity index (χ2n) is 9.23. The van der Waals surface area contributed by atoms with Crippen LogP contribution in [0, 0.1) is 6.92 Å². The summed E-state index contributed by atoms with van der Waals surface area (Å²) in [7, 11) is 2.91. The molecule has 4 aliphatic rings. The molecule has 10 nitrogen and oxygen atoms in total. The van der Waals surface area contributed by atoms with Gasteiger partial charge in [0.2, 0.25) is 24.0 Å². The van der Waals surface area contributed by atoms with E-state index in [2.05, 4.69) is 0 Å². The predicted octanol–water partition coefficient (Wildman–Crippen LogP) is 2.23. The summed E-state index contributed by atoms with van der Waals surface area (Å²) >= 11 is 0. The first-order valence-corrected chi connectivity index (χ1v) is 11.7. The lowest BCUT2D eigenvalue weighted by atomic mass is 9.81. The van der Waals surface area contributed by atoms with Crippen LogP contribution in [0.1, 0.15) is 49.4 Å². The van der Waals surface area contributed by atoms with Gasteiger partial charge in [-0.15, -0.1) is 0 Å². The quantitative estimate of drug-likeness (QED) is 0.538. The standard InChI is InChI=1S/C26H26O10/c1-13-10-15-19(21(29)18-14(20(15)28)6-4-7-17(18)27)22-16(13)11-34-26(31-3,24-32-8-5-9-33-24)25(12-35-25)23(30-2)36-22/h4,6-7,10,23-24,27H,5,8-9,11-12H2,1-3H3/t23-,25+,26?/m1/s1. The first kappa shape index (κ1) is 23.5. The smallest absolute Gasteiger partial charge is 0.259 e. The van der Waals surface area contributed by atoms with Gasteiger partial charge >= 0.3 is 0 Å². The number of aryl methyl sites for hydroxylation is 1. The lowest BCUT2D eigenvalue weighted by Crippen LogP contribution is -2.66. The maximum Gasteiger partial charge on any atom is 0.259 e. The molecule has 6 rings (SSSR count). The number of hydrogen-bond acceptors (Lipinski definition) is 10. The number of rotatable bonds is 3. The average Bonchev–Trinajstić information content (AvgIpc) is 3.69. The Morgan fingerprint density at radius 3 is 2.44 bits per heavy atom. The van der Waals surface area contributed by atoms with Crippen LogP contribution >= 0.6 is 0 Å². The highest BCUT2D eigenvalue weighted by Crippen LogP contribution is 2.52. The highest BCUT2D eigenvalue weighted by Gasteiger charge is 2.75. The molecule has 2 saturated heterocycles. The molecule has 0 radical (unpaired) electrons. The third-order valence-electron chi connectivity index (χ3n) is 7.33. The van der Waals surface area contributed by atoms with Gasteiger partial charge in [0.1, 0.15) is 11.5 Å². The minimum Gasteiger partial charge on any atom is -0.507 e. The van der Waals surface area contributed by atoms with Crippen LogP contribution in [0.2, 0.25) is 0 Å². The maximum absolute atomic E-state index is 13.7. The van der Waals surface area contributed by atoms with Crippen LogP contribution in [0.5, 0.6) is 11.5 Å². The van der Waals surface area contributed by atoms with Crippen LogP contribution in [0.15, 0.2) is 24.3 Å². The van der Waals surface area contributed by atoms with E-state index in [0.717, 1.165) is 6.42 Å². The molecule has 1 aliphatic carbocycles. The number of hydrogen-bond donors (Lipinski definition) is 1. The van der Waals surface area contributed by atoms with Gasteiger partial charge in [0.25, 0.3) is 5.79 Å². The summed E-state index contributed by atoms with van der Waals surface area (Å²) in [6, 6.07) is 6.07. The zero-order chi connectivity index (χ0) is 25.2. The van der Waals surface area contributed by atoms with Crippen molar-refractivity contribution >= 4 is 11.6 Å². The van der Waals surface area contributed by atoms with Crippen LogP contribution in [-0.4, -0.2) is 74.7 Å². The van der Waals surface area contributed by atoms with Gasteiger partial charge in [-0.3, -0.25) is 9.59 Å². The second kappa shape index (κ2) is 8.34. The van der Waals surface area contributed by atoms with Crippen molar-refractivity contribution in [2.75, 3.05) is 34.0 Å². The Hall–Kier alpha value is -2.86. The molecular weight excluding hydrogens is 472 g/mol. The first-order valence-electron chi connectivity index (χ1n) is 11.7. The number of carbonyl (C=O) groups excluding carboxylic acids is 2. The molecule has 3 aliphatic heterocycles. The monoisotopic (exact) mass is 498 g/mol. The third-order valence-corrected chi connectivity index (χ3v) is 7.33.